The van der Waals surface area contributed by atoms with Crippen LogP contribution in [-0.2, 0) is 0 Å². The molecule has 2 aliphatic rings. The molecule has 0 aromatic rings. The third-order valence-electron chi connectivity index (χ3n) is 5.18. The van der Waals surface area contributed by atoms with Crippen molar-refractivity contribution >= 4 is 0 Å². The third-order valence-corrected chi connectivity index (χ3v) is 5.18. The molecule has 0 spiro atoms. The highest BCUT2D eigenvalue weighted by Crippen LogP contribution is 2.52. The van der Waals surface area contributed by atoms with Gasteiger partial charge in [0.1, 0.15) is 0 Å². The number of aliphatic hydroxyl groups is 1. The molecule has 0 radical (unpaired) electrons. The van der Waals surface area contributed by atoms with Gasteiger partial charge in [-0.25, -0.2) is 0 Å². The Morgan fingerprint density at radius 3 is 2.69 bits per heavy atom. The SMILES string of the molecule is CC1=CC2(C(C)C)CCC(C)C(CC1)C2O. The summed E-state index contributed by atoms with van der Waals surface area (Å²) in [6, 6.07) is 0. The molecule has 1 nitrogen and oxygen atoms in total. The zero-order valence-electron chi connectivity index (χ0n) is 11.2. The number of aliphatic hydroxyl groups excluding tert-OH is 1. The average molecular weight is 222 g/mol. The molecule has 16 heavy (non-hydrogen) atoms. The van der Waals surface area contributed by atoms with Crippen LogP contribution in [0.1, 0.15) is 53.4 Å². The second kappa shape index (κ2) is 4.18. The lowest BCUT2D eigenvalue weighted by Crippen LogP contribution is -2.48. The van der Waals surface area contributed by atoms with E-state index < -0.39 is 0 Å². The minimum atomic E-state index is -0.117. The Labute approximate surface area is 99.9 Å². The van der Waals surface area contributed by atoms with E-state index in [2.05, 4.69) is 33.8 Å². The first-order valence-corrected chi connectivity index (χ1v) is 6.84. The molecule has 4 atom stereocenters. The lowest BCUT2D eigenvalue weighted by molar-refractivity contribution is -0.0703. The molecule has 1 N–H and O–H groups in total. The summed E-state index contributed by atoms with van der Waals surface area (Å²) in [5, 5.41) is 10.7. The summed E-state index contributed by atoms with van der Waals surface area (Å²) >= 11 is 0. The van der Waals surface area contributed by atoms with Gasteiger partial charge in [0, 0.05) is 5.41 Å². The molecule has 1 saturated carbocycles. The molecule has 2 rings (SSSR count). The number of fused-ring (bicyclic) bond motifs is 2. The van der Waals surface area contributed by atoms with Crippen LogP contribution in [0.25, 0.3) is 0 Å². The van der Waals surface area contributed by atoms with Gasteiger partial charge in [-0.1, -0.05) is 32.4 Å². The predicted molar refractivity (Wildman–Crippen MR) is 68.2 cm³/mol. The quantitative estimate of drug-likeness (QED) is 0.669. The molecule has 2 bridgehead atoms. The second-order valence-electron chi connectivity index (χ2n) is 6.42. The number of hydrogen-bond acceptors (Lipinski definition) is 1. The highest BCUT2D eigenvalue weighted by Gasteiger charge is 2.48. The molecule has 0 amide bonds. The molecule has 0 aliphatic heterocycles. The fourth-order valence-corrected chi connectivity index (χ4v) is 3.87. The number of hydrogen-bond donors (Lipinski definition) is 1. The molecule has 0 saturated heterocycles. The Kier molecular flexibility index (Phi) is 3.18. The minimum absolute atomic E-state index is 0.0672. The van der Waals surface area contributed by atoms with E-state index >= 15 is 0 Å². The van der Waals surface area contributed by atoms with E-state index in [4.69, 9.17) is 0 Å². The topological polar surface area (TPSA) is 20.2 Å². The maximum atomic E-state index is 10.7. The zero-order valence-corrected chi connectivity index (χ0v) is 11.2. The number of allylic oxidation sites excluding steroid dienone is 1. The Balaban J connectivity index is 2.40. The Morgan fingerprint density at radius 2 is 2.06 bits per heavy atom. The van der Waals surface area contributed by atoms with Crippen LogP contribution in [0.3, 0.4) is 0 Å². The first-order chi connectivity index (χ1) is 7.47. The van der Waals surface area contributed by atoms with Gasteiger partial charge in [-0.2, -0.15) is 0 Å². The van der Waals surface area contributed by atoms with Gasteiger partial charge in [0.15, 0.2) is 0 Å². The van der Waals surface area contributed by atoms with Crippen LogP contribution in [0, 0.1) is 23.2 Å². The molecule has 0 heterocycles. The monoisotopic (exact) mass is 222 g/mol. The molecule has 2 aliphatic carbocycles. The van der Waals surface area contributed by atoms with Crippen molar-refractivity contribution in [3.05, 3.63) is 11.6 Å². The van der Waals surface area contributed by atoms with E-state index in [1.54, 1.807) is 0 Å². The third kappa shape index (κ3) is 1.73. The fraction of sp³-hybridized carbons (Fsp3) is 0.867. The second-order valence-corrected chi connectivity index (χ2v) is 6.42. The summed E-state index contributed by atoms with van der Waals surface area (Å²) in [5.41, 5.74) is 1.56. The maximum absolute atomic E-state index is 10.7. The van der Waals surface area contributed by atoms with Gasteiger partial charge < -0.3 is 5.11 Å². The Morgan fingerprint density at radius 1 is 1.38 bits per heavy atom. The molecule has 1 fully saturated rings. The smallest absolute Gasteiger partial charge is 0.0664 e. The van der Waals surface area contributed by atoms with Crippen molar-refractivity contribution < 1.29 is 5.11 Å². The Hall–Kier alpha value is -0.300. The van der Waals surface area contributed by atoms with Gasteiger partial charge in [0.25, 0.3) is 0 Å². The van der Waals surface area contributed by atoms with E-state index in [9.17, 15) is 5.11 Å². The van der Waals surface area contributed by atoms with Gasteiger partial charge in [0.05, 0.1) is 6.10 Å². The van der Waals surface area contributed by atoms with E-state index in [1.807, 2.05) is 0 Å². The normalized spacial score (nSPS) is 44.1. The van der Waals surface area contributed by atoms with Gasteiger partial charge in [-0.3, -0.25) is 0 Å². The summed E-state index contributed by atoms with van der Waals surface area (Å²) in [5.74, 6) is 1.76. The zero-order chi connectivity index (χ0) is 11.9. The van der Waals surface area contributed by atoms with Crippen molar-refractivity contribution in [3.63, 3.8) is 0 Å². The van der Waals surface area contributed by atoms with Crippen molar-refractivity contribution in [2.75, 3.05) is 0 Å². The van der Waals surface area contributed by atoms with Crippen molar-refractivity contribution in [1.82, 2.24) is 0 Å². The fourth-order valence-electron chi connectivity index (χ4n) is 3.87. The Bertz CT molecular complexity index is 292. The molecular formula is C15H26O. The van der Waals surface area contributed by atoms with Crippen molar-refractivity contribution in [3.8, 4) is 0 Å². The van der Waals surface area contributed by atoms with Crippen LogP contribution in [0.15, 0.2) is 11.6 Å². The average Bonchev–Trinajstić information content (AvgIpc) is 2.28. The first-order valence-electron chi connectivity index (χ1n) is 6.84. The largest absolute Gasteiger partial charge is 0.392 e. The van der Waals surface area contributed by atoms with Crippen molar-refractivity contribution in [1.29, 1.82) is 0 Å². The lowest BCUT2D eigenvalue weighted by Gasteiger charge is -2.48. The van der Waals surface area contributed by atoms with Crippen LogP contribution in [-0.4, -0.2) is 11.2 Å². The van der Waals surface area contributed by atoms with Gasteiger partial charge in [-0.05, 0) is 50.4 Å². The standard InChI is InChI=1S/C15H26O/c1-10(2)15-8-7-12(4)13(14(15)16)6-5-11(3)9-15/h9-10,12-14,16H,5-8H2,1-4H3. The number of rotatable bonds is 1. The van der Waals surface area contributed by atoms with Crippen LogP contribution in [0.5, 0.6) is 0 Å². The predicted octanol–water partition coefficient (Wildman–Crippen LogP) is 3.78. The van der Waals surface area contributed by atoms with Crippen LogP contribution in [0.2, 0.25) is 0 Å². The molecule has 4 unspecified atom stereocenters. The highest BCUT2D eigenvalue weighted by molar-refractivity contribution is 5.17. The van der Waals surface area contributed by atoms with E-state index in [0.717, 1.165) is 0 Å². The molecule has 0 aromatic heterocycles. The van der Waals surface area contributed by atoms with Gasteiger partial charge in [0.2, 0.25) is 0 Å². The summed E-state index contributed by atoms with van der Waals surface area (Å²) in [4.78, 5) is 0. The van der Waals surface area contributed by atoms with Gasteiger partial charge in [-0.15, -0.1) is 0 Å². The summed E-state index contributed by atoms with van der Waals surface area (Å²) in [7, 11) is 0. The molecule has 92 valence electrons. The summed E-state index contributed by atoms with van der Waals surface area (Å²) < 4.78 is 0. The minimum Gasteiger partial charge on any atom is -0.392 e. The maximum Gasteiger partial charge on any atom is 0.0664 e. The van der Waals surface area contributed by atoms with Crippen LogP contribution < -0.4 is 0 Å². The molecular weight excluding hydrogens is 196 g/mol. The highest BCUT2D eigenvalue weighted by atomic mass is 16.3. The van der Waals surface area contributed by atoms with E-state index in [1.165, 1.54) is 31.3 Å². The summed E-state index contributed by atoms with van der Waals surface area (Å²) in [6.07, 6.45) is 7.10. The van der Waals surface area contributed by atoms with E-state index in [0.29, 0.717) is 17.8 Å². The lowest BCUT2D eigenvalue weighted by atomic mass is 9.59. The summed E-state index contributed by atoms with van der Waals surface area (Å²) in [6.45, 7) is 9.09. The first kappa shape index (κ1) is 12.2. The van der Waals surface area contributed by atoms with Crippen molar-refractivity contribution in [2.24, 2.45) is 23.2 Å². The molecule has 1 heteroatoms. The van der Waals surface area contributed by atoms with E-state index in [-0.39, 0.29) is 11.5 Å². The van der Waals surface area contributed by atoms with Gasteiger partial charge >= 0.3 is 0 Å². The molecule has 0 aromatic carbocycles. The van der Waals surface area contributed by atoms with Crippen molar-refractivity contribution in [2.45, 2.75) is 59.5 Å². The van der Waals surface area contributed by atoms with Crippen LogP contribution in [0.4, 0.5) is 0 Å². The van der Waals surface area contributed by atoms with Crippen LogP contribution >= 0.6 is 0 Å².